The van der Waals surface area contributed by atoms with E-state index in [1.807, 2.05) is 42.2 Å². The first-order valence-corrected chi connectivity index (χ1v) is 11.2. The van der Waals surface area contributed by atoms with Gasteiger partial charge in [-0.1, -0.05) is 64.1 Å². The number of carboxylic acid groups (broad SMARTS) is 1. The van der Waals surface area contributed by atoms with Crippen LogP contribution in [0.2, 0.25) is 0 Å². The summed E-state index contributed by atoms with van der Waals surface area (Å²) in [5, 5.41) is 13.7. The van der Waals surface area contributed by atoms with Gasteiger partial charge in [0.1, 0.15) is 0 Å². The zero-order valence-electron chi connectivity index (χ0n) is 19.6. The van der Waals surface area contributed by atoms with Crippen LogP contribution in [0, 0.1) is 6.92 Å². The van der Waals surface area contributed by atoms with Gasteiger partial charge >= 0.3 is 5.97 Å². The van der Waals surface area contributed by atoms with Crippen LogP contribution in [0.25, 0.3) is 12.2 Å². The summed E-state index contributed by atoms with van der Waals surface area (Å²) in [7, 11) is 0. The van der Waals surface area contributed by atoms with Crippen molar-refractivity contribution in [3.63, 3.8) is 0 Å². The molecule has 0 atom stereocenters. The lowest BCUT2D eigenvalue weighted by molar-refractivity contribution is 0.0696. The molecule has 0 saturated carbocycles. The summed E-state index contributed by atoms with van der Waals surface area (Å²) >= 11 is 0. The highest BCUT2D eigenvalue weighted by atomic mass is 16.4. The van der Waals surface area contributed by atoms with Crippen molar-refractivity contribution in [2.45, 2.75) is 64.8 Å². The van der Waals surface area contributed by atoms with E-state index in [0.29, 0.717) is 12.1 Å². The first-order chi connectivity index (χ1) is 15.1. The number of hydrogen-bond donors (Lipinski definition) is 1. The lowest BCUT2D eigenvalue weighted by Gasteiger charge is -2.42. The Bertz CT molecular complexity index is 1180. The Morgan fingerprint density at radius 1 is 1.06 bits per heavy atom. The van der Waals surface area contributed by atoms with Crippen LogP contribution >= 0.6 is 0 Å². The monoisotopic (exact) mass is 428 g/mol. The average Bonchev–Trinajstić information content (AvgIpc) is 3.23. The van der Waals surface area contributed by atoms with E-state index in [0.717, 1.165) is 11.1 Å². The molecule has 0 unspecified atom stereocenters. The number of aromatic carboxylic acids is 1. The Morgan fingerprint density at radius 3 is 2.34 bits per heavy atom. The molecule has 0 radical (unpaired) electrons. The van der Waals surface area contributed by atoms with Crippen LogP contribution in [0.3, 0.4) is 0 Å². The van der Waals surface area contributed by atoms with E-state index in [1.54, 1.807) is 6.07 Å². The summed E-state index contributed by atoms with van der Waals surface area (Å²) in [6.07, 6.45) is 10.4. The van der Waals surface area contributed by atoms with Crippen molar-refractivity contribution in [3.8, 4) is 0 Å². The van der Waals surface area contributed by atoms with Gasteiger partial charge in [0.05, 0.1) is 12.1 Å². The maximum Gasteiger partial charge on any atom is 0.335 e. The second-order valence-electron chi connectivity index (χ2n) is 10.3. The zero-order valence-corrected chi connectivity index (χ0v) is 19.6. The van der Waals surface area contributed by atoms with Crippen LogP contribution in [0.15, 0.2) is 48.8 Å². The number of fused-ring (bicyclic) bond motifs is 1. The summed E-state index contributed by atoms with van der Waals surface area (Å²) in [6.45, 7) is 11.9. The molecule has 4 rings (SSSR count). The molecule has 1 heterocycles. The van der Waals surface area contributed by atoms with E-state index in [-0.39, 0.29) is 10.8 Å². The Kier molecular flexibility index (Phi) is 5.58. The quantitative estimate of drug-likeness (QED) is 0.475. The molecule has 0 saturated heterocycles. The van der Waals surface area contributed by atoms with E-state index >= 15 is 0 Å². The molecule has 0 fully saturated rings. The Morgan fingerprint density at radius 2 is 1.75 bits per heavy atom. The molecule has 0 spiro atoms. The Balaban J connectivity index is 1.80. The number of carbonyl (C=O) groups is 1. The molecule has 0 aliphatic heterocycles. The molecule has 32 heavy (non-hydrogen) atoms. The van der Waals surface area contributed by atoms with Crippen molar-refractivity contribution in [2.24, 2.45) is 0 Å². The lowest BCUT2D eigenvalue weighted by Crippen LogP contribution is -2.34. The maximum atomic E-state index is 11.3. The van der Waals surface area contributed by atoms with E-state index < -0.39 is 5.97 Å². The van der Waals surface area contributed by atoms with Gasteiger partial charge in [0.15, 0.2) is 0 Å². The normalized spacial score (nSPS) is 16.8. The second kappa shape index (κ2) is 8.09. The minimum Gasteiger partial charge on any atom is -0.478 e. The third kappa shape index (κ3) is 4.27. The van der Waals surface area contributed by atoms with Gasteiger partial charge in [0.25, 0.3) is 0 Å². The largest absolute Gasteiger partial charge is 0.478 e. The average molecular weight is 429 g/mol. The Labute approximate surface area is 190 Å². The topological polar surface area (TPSA) is 55.1 Å². The highest BCUT2D eigenvalue weighted by Gasteiger charge is 2.37. The minimum absolute atomic E-state index is 0.136. The minimum atomic E-state index is -0.890. The fraction of sp³-hybridized carbons (Fsp3) is 0.357. The van der Waals surface area contributed by atoms with Gasteiger partial charge < -0.3 is 5.11 Å². The third-order valence-corrected chi connectivity index (χ3v) is 6.94. The van der Waals surface area contributed by atoms with Crippen molar-refractivity contribution in [2.75, 3.05) is 0 Å². The van der Waals surface area contributed by atoms with E-state index in [1.165, 1.54) is 35.1 Å². The molecule has 3 aromatic rings. The molecular weight excluding hydrogens is 396 g/mol. The number of aromatic nitrogens is 2. The number of benzene rings is 2. The van der Waals surface area contributed by atoms with Gasteiger partial charge in [0.2, 0.25) is 0 Å². The SMILES string of the molecule is Cc1cc(C=Cc2cc3c(cc2Cn2cccn2)C(C)(C)CCC3(C)C)ccc1C(=O)O. The molecule has 4 nitrogen and oxygen atoms in total. The molecule has 1 aliphatic carbocycles. The number of aryl methyl sites for hydroxylation is 1. The maximum absolute atomic E-state index is 11.3. The third-order valence-electron chi connectivity index (χ3n) is 6.94. The van der Waals surface area contributed by atoms with Crippen LogP contribution in [0.4, 0.5) is 0 Å². The molecule has 166 valence electrons. The first-order valence-electron chi connectivity index (χ1n) is 11.2. The van der Waals surface area contributed by atoms with Gasteiger partial charge in [-0.2, -0.15) is 5.10 Å². The van der Waals surface area contributed by atoms with Crippen molar-refractivity contribution < 1.29 is 9.90 Å². The number of nitrogens with zero attached hydrogens (tertiary/aromatic N) is 2. The number of rotatable bonds is 5. The predicted octanol–water partition coefficient (Wildman–Crippen LogP) is 6.46. The number of carboxylic acids is 1. The summed E-state index contributed by atoms with van der Waals surface area (Å²) < 4.78 is 1.96. The smallest absolute Gasteiger partial charge is 0.335 e. The van der Waals surface area contributed by atoms with Gasteiger partial charge in [-0.3, -0.25) is 4.68 Å². The zero-order chi connectivity index (χ0) is 23.1. The fourth-order valence-corrected chi connectivity index (χ4v) is 4.75. The lowest BCUT2D eigenvalue weighted by atomic mass is 9.62. The van der Waals surface area contributed by atoms with Gasteiger partial charge in [0, 0.05) is 12.4 Å². The van der Waals surface area contributed by atoms with Crippen LogP contribution < -0.4 is 0 Å². The molecule has 1 aliphatic rings. The van der Waals surface area contributed by atoms with Crippen LogP contribution in [-0.4, -0.2) is 20.9 Å². The predicted molar refractivity (Wildman–Crippen MR) is 130 cm³/mol. The highest BCUT2D eigenvalue weighted by Crippen LogP contribution is 2.46. The van der Waals surface area contributed by atoms with Crippen molar-refractivity contribution in [1.82, 2.24) is 9.78 Å². The molecule has 0 bridgehead atoms. The molecule has 1 aromatic heterocycles. The van der Waals surface area contributed by atoms with Gasteiger partial charge in [-0.15, -0.1) is 0 Å². The highest BCUT2D eigenvalue weighted by molar-refractivity contribution is 5.90. The first kappa shape index (κ1) is 22.1. The molecule has 4 heteroatoms. The molecule has 1 N–H and O–H groups in total. The van der Waals surface area contributed by atoms with E-state index in [4.69, 9.17) is 0 Å². The van der Waals surface area contributed by atoms with Crippen molar-refractivity contribution in [1.29, 1.82) is 0 Å². The fourth-order valence-electron chi connectivity index (χ4n) is 4.75. The molecular formula is C28H32N2O2. The van der Waals surface area contributed by atoms with Crippen LogP contribution in [-0.2, 0) is 17.4 Å². The molecule has 0 amide bonds. The van der Waals surface area contributed by atoms with Crippen molar-refractivity contribution in [3.05, 3.63) is 87.7 Å². The van der Waals surface area contributed by atoms with Crippen molar-refractivity contribution >= 4 is 18.1 Å². The van der Waals surface area contributed by atoms with E-state index in [9.17, 15) is 9.90 Å². The van der Waals surface area contributed by atoms with E-state index in [2.05, 4.69) is 57.1 Å². The van der Waals surface area contributed by atoms with Crippen LogP contribution in [0.1, 0.15) is 84.3 Å². The summed E-state index contributed by atoms with van der Waals surface area (Å²) in [4.78, 5) is 11.3. The van der Waals surface area contributed by atoms with Crippen LogP contribution in [0.5, 0.6) is 0 Å². The number of hydrogen-bond acceptors (Lipinski definition) is 2. The second-order valence-corrected chi connectivity index (χ2v) is 10.3. The Hall–Kier alpha value is -3.14. The van der Waals surface area contributed by atoms with Gasteiger partial charge in [-0.25, -0.2) is 4.79 Å². The molecule has 2 aromatic carbocycles. The summed E-state index contributed by atoms with van der Waals surface area (Å²) in [5.41, 5.74) is 7.69. The van der Waals surface area contributed by atoms with Gasteiger partial charge in [-0.05, 0) is 76.1 Å². The summed E-state index contributed by atoms with van der Waals surface area (Å²) in [6, 6.07) is 12.2. The standard InChI is InChI=1S/C28H32N2O2/c1-19-15-20(8-10-23(19)26(31)32)7-9-21-16-24-25(28(4,5)12-11-27(24,2)3)17-22(21)18-30-14-6-13-29-30/h6-10,13-17H,11-12,18H2,1-5H3,(H,31,32). The summed E-state index contributed by atoms with van der Waals surface area (Å²) in [5.74, 6) is -0.890.